The quantitative estimate of drug-likeness (QED) is 0.412. The molecule has 1 fully saturated rings. The smallest absolute Gasteiger partial charge is 0.250 e. The Morgan fingerprint density at radius 2 is 1.67 bits per heavy atom. The van der Waals surface area contributed by atoms with Gasteiger partial charge in [0.05, 0.1) is 18.3 Å². The lowest BCUT2D eigenvalue weighted by Gasteiger charge is -2.43. The molecule has 3 unspecified atom stereocenters. The number of aliphatic hydroxyl groups is 1. The van der Waals surface area contributed by atoms with Crippen molar-refractivity contribution >= 4 is 23.4 Å². The van der Waals surface area contributed by atoms with Gasteiger partial charge in [-0.1, -0.05) is 95.3 Å². The molecule has 232 valence electrons. The van der Waals surface area contributed by atoms with E-state index in [2.05, 4.69) is 10.6 Å². The van der Waals surface area contributed by atoms with Crippen molar-refractivity contribution in [2.75, 3.05) is 13.2 Å². The highest BCUT2D eigenvalue weighted by Crippen LogP contribution is 2.33. The Morgan fingerprint density at radius 1 is 1.07 bits per heavy atom. The third-order valence-corrected chi connectivity index (χ3v) is 7.77. The number of ether oxygens (including phenoxy) is 1. The van der Waals surface area contributed by atoms with Crippen molar-refractivity contribution in [3.8, 4) is 0 Å². The molecule has 9 heteroatoms. The highest BCUT2D eigenvalue weighted by molar-refractivity contribution is 6.00. The van der Waals surface area contributed by atoms with Crippen LogP contribution < -0.4 is 10.6 Å². The number of hydrogen-bond donors (Lipinski definition) is 3. The number of nitrogens with one attached hydrogen (secondary N) is 2. The van der Waals surface area contributed by atoms with E-state index in [0.717, 1.165) is 5.56 Å². The molecule has 0 saturated carbocycles. The fourth-order valence-corrected chi connectivity index (χ4v) is 5.54. The molecule has 1 saturated heterocycles. The molecule has 4 rings (SSSR count). The Labute approximate surface area is 255 Å². The Hall–Kier alpha value is -3.53. The maximum Gasteiger partial charge on any atom is 0.250 e. The molecule has 0 spiro atoms. The Balaban J connectivity index is 1.65. The van der Waals surface area contributed by atoms with Crippen LogP contribution in [0.1, 0.15) is 59.6 Å². The fourth-order valence-electron chi connectivity index (χ4n) is 5.54. The Morgan fingerprint density at radius 3 is 2.21 bits per heavy atom. The number of hydrogen-bond acceptors (Lipinski definition) is 6. The average molecular weight is 591 g/mol. The van der Waals surface area contributed by atoms with Crippen LogP contribution in [-0.2, 0) is 25.5 Å². The summed E-state index contributed by atoms with van der Waals surface area (Å²) in [4.78, 5) is 44.4. The minimum atomic E-state index is -1.05. The number of carbonyl (C=O) groups excluding carboxylic acids is 3. The van der Waals surface area contributed by atoms with Crippen LogP contribution in [-0.4, -0.2) is 75.7 Å². The van der Waals surface area contributed by atoms with E-state index in [1.165, 1.54) is 9.80 Å². The van der Waals surface area contributed by atoms with Crippen LogP contribution >= 0.6 is 0 Å². The van der Waals surface area contributed by atoms with Crippen molar-refractivity contribution in [1.82, 2.24) is 20.4 Å². The van der Waals surface area contributed by atoms with Gasteiger partial charge in [-0.2, -0.15) is 0 Å². The van der Waals surface area contributed by atoms with E-state index in [9.17, 15) is 19.5 Å². The van der Waals surface area contributed by atoms with Crippen molar-refractivity contribution in [1.29, 1.82) is 0 Å². The van der Waals surface area contributed by atoms with Crippen molar-refractivity contribution in [2.45, 2.75) is 84.8 Å². The van der Waals surface area contributed by atoms with Gasteiger partial charge in [0, 0.05) is 17.2 Å². The molecule has 0 aromatic heterocycles. The predicted molar refractivity (Wildman–Crippen MR) is 166 cm³/mol. The van der Waals surface area contributed by atoms with Crippen molar-refractivity contribution in [3.05, 3.63) is 78.0 Å². The number of carbonyl (C=O) groups is 3. The molecule has 2 aromatic carbocycles. The van der Waals surface area contributed by atoms with Crippen molar-refractivity contribution < 1.29 is 24.2 Å². The maximum absolute atomic E-state index is 14.2. The zero-order valence-corrected chi connectivity index (χ0v) is 26.3. The minimum Gasteiger partial charge on any atom is -0.387 e. The summed E-state index contributed by atoms with van der Waals surface area (Å²) in [6, 6.07) is 17.4. The number of rotatable bonds is 9. The molecule has 9 nitrogen and oxygen atoms in total. The summed E-state index contributed by atoms with van der Waals surface area (Å²) >= 11 is 0. The second-order valence-corrected chi connectivity index (χ2v) is 13.6. The van der Waals surface area contributed by atoms with E-state index in [-0.39, 0.29) is 29.8 Å². The van der Waals surface area contributed by atoms with E-state index in [0.29, 0.717) is 24.3 Å². The van der Waals surface area contributed by atoms with Crippen LogP contribution in [0.15, 0.2) is 66.9 Å². The van der Waals surface area contributed by atoms with Gasteiger partial charge in [0.1, 0.15) is 24.9 Å². The molecule has 0 radical (unpaired) electrons. The van der Waals surface area contributed by atoms with Crippen LogP contribution in [0, 0.1) is 11.3 Å². The molecule has 3 N–H and O–H groups in total. The third-order valence-electron chi connectivity index (χ3n) is 7.77. The van der Waals surface area contributed by atoms with Gasteiger partial charge in [-0.25, -0.2) is 0 Å². The predicted octanol–water partition coefficient (Wildman–Crippen LogP) is 3.54. The molecule has 43 heavy (non-hydrogen) atoms. The summed E-state index contributed by atoms with van der Waals surface area (Å²) < 4.78 is 5.85. The van der Waals surface area contributed by atoms with Gasteiger partial charge < -0.3 is 20.1 Å². The van der Waals surface area contributed by atoms with Crippen LogP contribution in [0.2, 0.25) is 0 Å². The first-order valence-electron chi connectivity index (χ1n) is 15.0. The summed E-state index contributed by atoms with van der Waals surface area (Å²) in [6.07, 6.45) is 0.364. The maximum atomic E-state index is 14.2. The van der Waals surface area contributed by atoms with Gasteiger partial charge in [0.15, 0.2) is 0 Å². The third kappa shape index (κ3) is 7.71. The molecule has 2 aliphatic rings. The second kappa shape index (κ2) is 13.0. The first-order valence-corrected chi connectivity index (χ1v) is 15.0. The van der Waals surface area contributed by atoms with Crippen LogP contribution in [0.4, 0.5) is 0 Å². The van der Waals surface area contributed by atoms with Crippen molar-refractivity contribution in [3.63, 3.8) is 0 Å². The normalized spacial score (nSPS) is 21.9. The molecular formula is C34H46N4O5. The topological polar surface area (TPSA) is 111 Å². The first kappa shape index (κ1) is 32.4. The van der Waals surface area contributed by atoms with Gasteiger partial charge in [-0.05, 0) is 37.3 Å². The molecule has 0 aliphatic carbocycles. The molecular weight excluding hydrogens is 544 g/mol. The SMILES string of the molecule is CC(C)C1C(=O)N(CC(=O)N[C@@H](Cc2ccccc2)C(O)C2NC(C)(C)CO2)C(c2ccccc2)=CN1C(=O)C(C)(C)C. The van der Waals surface area contributed by atoms with E-state index < -0.39 is 35.7 Å². The number of aliphatic hydroxyl groups excluding tert-OH is 1. The van der Waals surface area contributed by atoms with Gasteiger partial charge in [-0.15, -0.1) is 0 Å². The zero-order valence-electron chi connectivity index (χ0n) is 26.3. The van der Waals surface area contributed by atoms with Gasteiger partial charge in [0.25, 0.3) is 5.91 Å². The highest BCUT2D eigenvalue weighted by atomic mass is 16.5. The number of benzene rings is 2. The van der Waals surface area contributed by atoms with E-state index in [1.807, 2.05) is 109 Å². The molecule has 2 heterocycles. The molecule has 2 aromatic rings. The fraction of sp³-hybridized carbons (Fsp3) is 0.500. The summed E-state index contributed by atoms with van der Waals surface area (Å²) in [5.41, 5.74) is 1.10. The first-order chi connectivity index (χ1) is 20.2. The van der Waals surface area contributed by atoms with Crippen LogP contribution in [0.25, 0.3) is 5.70 Å². The summed E-state index contributed by atoms with van der Waals surface area (Å²) in [7, 11) is 0. The molecule has 0 bridgehead atoms. The summed E-state index contributed by atoms with van der Waals surface area (Å²) in [6.45, 7) is 13.4. The second-order valence-electron chi connectivity index (χ2n) is 13.6. The standard InChI is InChI=1S/C34H46N4O5/c1-22(2)28-31(41)37(26(24-16-12-9-13-17-24)19-38(28)32(42)33(3,4)5)20-27(39)35-25(18-23-14-10-8-11-15-23)29(40)30-36-34(6,7)21-43-30/h8-17,19,22,25,28-30,36,40H,18,20-21H2,1-7H3,(H,35,39)/t25-,28?,29?,30?/m0/s1. The summed E-state index contributed by atoms with van der Waals surface area (Å²) in [5.74, 6) is -1.12. The molecule has 4 atom stereocenters. The lowest BCUT2D eigenvalue weighted by atomic mass is 9.90. The molecule has 3 amide bonds. The molecule has 2 aliphatic heterocycles. The summed E-state index contributed by atoms with van der Waals surface area (Å²) in [5, 5.41) is 17.7. The largest absolute Gasteiger partial charge is 0.387 e. The highest BCUT2D eigenvalue weighted by Gasteiger charge is 2.44. The van der Waals surface area contributed by atoms with Gasteiger partial charge in [0.2, 0.25) is 11.8 Å². The minimum absolute atomic E-state index is 0.171. The van der Waals surface area contributed by atoms with Crippen LogP contribution in [0.3, 0.4) is 0 Å². The number of nitrogens with zero attached hydrogens (tertiary/aromatic N) is 2. The monoisotopic (exact) mass is 590 g/mol. The van der Waals surface area contributed by atoms with E-state index >= 15 is 0 Å². The lowest BCUT2D eigenvalue weighted by Crippen LogP contribution is -2.59. The lowest BCUT2D eigenvalue weighted by molar-refractivity contribution is -0.149. The van der Waals surface area contributed by atoms with Crippen molar-refractivity contribution in [2.24, 2.45) is 11.3 Å². The number of amides is 3. The van der Waals surface area contributed by atoms with Gasteiger partial charge in [-0.3, -0.25) is 24.6 Å². The van der Waals surface area contributed by atoms with Crippen LogP contribution in [0.5, 0.6) is 0 Å². The Bertz CT molecular complexity index is 1320. The van der Waals surface area contributed by atoms with E-state index in [1.54, 1.807) is 6.20 Å². The average Bonchev–Trinajstić information content (AvgIpc) is 3.32. The zero-order chi connectivity index (χ0) is 31.5. The van der Waals surface area contributed by atoms with E-state index in [4.69, 9.17) is 4.74 Å². The van der Waals surface area contributed by atoms with Gasteiger partial charge >= 0.3 is 0 Å². The Kier molecular flexibility index (Phi) is 9.79.